The van der Waals surface area contributed by atoms with Crippen LogP contribution < -0.4 is 5.32 Å². The normalized spacial score (nSPS) is 23.9. The molecule has 2 heterocycles. The van der Waals surface area contributed by atoms with Crippen LogP contribution in [-0.2, 0) is 18.4 Å². The molecule has 1 aromatic rings. The molecule has 0 bridgehead atoms. The molecule has 2 unspecified atom stereocenters. The average Bonchev–Trinajstić information content (AvgIpc) is 2.86. The first-order chi connectivity index (χ1) is 8.08. The number of aryl methyl sites for hydroxylation is 1. The number of rotatable bonds is 3. The molecule has 1 fully saturated rings. The first kappa shape index (κ1) is 12.1. The summed E-state index contributed by atoms with van der Waals surface area (Å²) in [6.45, 7) is 3.69. The first-order valence-electron chi connectivity index (χ1n) is 6.04. The molecule has 0 radical (unpaired) electrons. The maximum Gasteiger partial charge on any atom is 0.240 e. The molecule has 0 saturated carbocycles. The number of amides is 1. The van der Waals surface area contributed by atoms with Crippen molar-refractivity contribution < 1.29 is 4.79 Å². The summed E-state index contributed by atoms with van der Waals surface area (Å²) in [7, 11) is 3.73. The molecule has 2 rings (SSSR count). The highest BCUT2D eigenvalue weighted by atomic mass is 16.2. The fraction of sp³-hybridized carbons (Fsp3) is 0.667. The Morgan fingerprint density at radius 3 is 3.00 bits per heavy atom. The van der Waals surface area contributed by atoms with Gasteiger partial charge in [0, 0.05) is 32.4 Å². The van der Waals surface area contributed by atoms with Gasteiger partial charge in [-0.2, -0.15) is 5.10 Å². The van der Waals surface area contributed by atoms with Crippen molar-refractivity contribution in [3.63, 3.8) is 0 Å². The van der Waals surface area contributed by atoms with Crippen molar-refractivity contribution in [3.05, 3.63) is 18.0 Å². The number of hydrogen-bond donors (Lipinski definition) is 1. The van der Waals surface area contributed by atoms with Gasteiger partial charge >= 0.3 is 0 Å². The molecule has 0 aromatic carbocycles. The summed E-state index contributed by atoms with van der Waals surface area (Å²) in [5.74, 6) is 0.609. The van der Waals surface area contributed by atoms with E-state index in [2.05, 4.69) is 17.3 Å². The Kier molecular flexibility index (Phi) is 3.47. The predicted molar refractivity (Wildman–Crippen MR) is 65.3 cm³/mol. The topological polar surface area (TPSA) is 50.2 Å². The third-order valence-electron chi connectivity index (χ3n) is 3.35. The van der Waals surface area contributed by atoms with Crippen LogP contribution in [0.15, 0.2) is 12.4 Å². The molecule has 1 saturated heterocycles. The summed E-state index contributed by atoms with van der Waals surface area (Å²) in [5.41, 5.74) is 1.06. The maximum atomic E-state index is 12.2. The van der Waals surface area contributed by atoms with E-state index in [0.29, 0.717) is 12.5 Å². The molecule has 5 heteroatoms. The summed E-state index contributed by atoms with van der Waals surface area (Å²) in [6, 6.07) is -0.0170. The Morgan fingerprint density at radius 2 is 2.47 bits per heavy atom. The molecule has 1 aromatic heterocycles. The smallest absolute Gasteiger partial charge is 0.240 e. The van der Waals surface area contributed by atoms with Crippen LogP contribution in [0.1, 0.15) is 18.9 Å². The molecule has 94 valence electrons. The average molecular weight is 236 g/mol. The number of likely N-dealkylation sites (N-methyl/N-ethyl adjacent to an activating group) is 1. The Hall–Kier alpha value is -1.36. The number of carbonyl (C=O) groups is 1. The van der Waals surface area contributed by atoms with Crippen molar-refractivity contribution in [2.75, 3.05) is 13.6 Å². The van der Waals surface area contributed by atoms with Gasteiger partial charge in [-0.3, -0.25) is 9.48 Å². The van der Waals surface area contributed by atoms with Crippen LogP contribution in [0.4, 0.5) is 0 Å². The second kappa shape index (κ2) is 4.87. The standard InChI is InChI=1S/C12H20N4O/c1-9-4-5-13-11(9)12(17)15(2)7-10-6-14-16(3)8-10/h6,8-9,11,13H,4-5,7H2,1-3H3. The fourth-order valence-corrected chi connectivity index (χ4v) is 2.31. The van der Waals surface area contributed by atoms with E-state index in [1.165, 1.54) is 0 Å². The molecule has 1 aliphatic rings. The van der Waals surface area contributed by atoms with Gasteiger partial charge in [0.2, 0.25) is 5.91 Å². The molecule has 17 heavy (non-hydrogen) atoms. The predicted octanol–water partition coefficient (Wildman–Crippen LogP) is 0.376. The van der Waals surface area contributed by atoms with E-state index in [4.69, 9.17) is 0 Å². The van der Waals surface area contributed by atoms with Gasteiger partial charge in [-0.05, 0) is 18.9 Å². The Morgan fingerprint density at radius 1 is 1.71 bits per heavy atom. The third kappa shape index (κ3) is 2.66. The van der Waals surface area contributed by atoms with Crippen LogP contribution in [0, 0.1) is 5.92 Å². The molecule has 5 nitrogen and oxygen atoms in total. The maximum absolute atomic E-state index is 12.2. The van der Waals surface area contributed by atoms with E-state index in [1.807, 2.05) is 20.3 Å². The van der Waals surface area contributed by atoms with Gasteiger partial charge in [0.1, 0.15) is 0 Å². The summed E-state index contributed by atoms with van der Waals surface area (Å²) < 4.78 is 1.75. The zero-order valence-corrected chi connectivity index (χ0v) is 10.7. The summed E-state index contributed by atoms with van der Waals surface area (Å²) in [5, 5.41) is 7.37. The van der Waals surface area contributed by atoms with Crippen LogP contribution in [0.2, 0.25) is 0 Å². The summed E-state index contributed by atoms with van der Waals surface area (Å²) in [4.78, 5) is 14.0. The Balaban J connectivity index is 1.95. The van der Waals surface area contributed by atoms with Crippen LogP contribution in [0.5, 0.6) is 0 Å². The van der Waals surface area contributed by atoms with E-state index >= 15 is 0 Å². The SMILES string of the molecule is CC1CCNC1C(=O)N(C)Cc1cnn(C)c1. The number of aromatic nitrogens is 2. The minimum absolute atomic E-state index is 0.0170. The molecule has 2 atom stereocenters. The minimum Gasteiger partial charge on any atom is -0.340 e. The monoisotopic (exact) mass is 236 g/mol. The highest BCUT2D eigenvalue weighted by molar-refractivity contribution is 5.82. The number of hydrogen-bond acceptors (Lipinski definition) is 3. The van der Waals surface area contributed by atoms with E-state index in [1.54, 1.807) is 15.8 Å². The van der Waals surface area contributed by atoms with Crippen LogP contribution in [-0.4, -0.2) is 40.2 Å². The first-order valence-corrected chi connectivity index (χ1v) is 6.04. The number of nitrogens with zero attached hydrogens (tertiary/aromatic N) is 3. The summed E-state index contributed by atoms with van der Waals surface area (Å²) >= 11 is 0. The van der Waals surface area contributed by atoms with Crippen LogP contribution >= 0.6 is 0 Å². The Bertz CT molecular complexity index is 401. The van der Waals surface area contributed by atoms with Crippen molar-refractivity contribution in [2.45, 2.75) is 25.9 Å². The van der Waals surface area contributed by atoms with Gasteiger partial charge in [-0.15, -0.1) is 0 Å². The largest absolute Gasteiger partial charge is 0.340 e. The van der Waals surface area contributed by atoms with Crippen LogP contribution in [0.25, 0.3) is 0 Å². The molecule has 1 amide bonds. The molecule has 1 N–H and O–H groups in total. The lowest BCUT2D eigenvalue weighted by atomic mass is 10.0. The van der Waals surface area contributed by atoms with Gasteiger partial charge in [-0.25, -0.2) is 0 Å². The van der Waals surface area contributed by atoms with E-state index in [-0.39, 0.29) is 11.9 Å². The van der Waals surface area contributed by atoms with Crippen molar-refractivity contribution in [1.29, 1.82) is 0 Å². The zero-order chi connectivity index (χ0) is 12.4. The van der Waals surface area contributed by atoms with Gasteiger partial charge in [0.15, 0.2) is 0 Å². The van der Waals surface area contributed by atoms with Gasteiger partial charge in [0.05, 0.1) is 12.2 Å². The molecular formula is C12H20N4O. The second-order valence-corrected chi connectivity index (χ2v) is 4.91. The van der Waals surface area contributed by atoms with Gasteiger partial charge in [0.25, 0.3) is 0 Å². The van der Waals surface area contributed by atoms with Crippen molar-refractivity contribution in [3.8, 4) is 0 Å². The van der Waals surface area contributed by atoms with E-state index in [0.717, 1.165) is 18.5 Å². The second-order valence-electron chi connectivity index (χ2n) is 4.91. The lowest BCUT2D eigenvalue weighted by Gasteiger charge is -2.23. The molecular weight excluding hydrogens is 216 g/mol. The summed E-state index contributed by atoms with van der Waals surface area (Å²) in [6.07, 6.45) is 4.82. The molecule has 0 aliphatic carbocycles. The van der Waals surface area contributed by atoms with E-state index < -0.39 is 0 Å². The molecule has 1 aliphatic heterocycles. The van der Waals surface area contributed by atoms with Gasteiger partial charge in [-0.1, -0.05) is 6.92 Å². The number of nitrogens with one attached hydrogen (secondary N) is 1. The van der Waals surface area contributed by atoms with E-state index in [9.17, 15) is 4.79 Å². The van der Waals surface area contributed by atoms with Crippen molar-refractivity contribution in [2.24, 2.45) is 13.0 Å². The highest BCUT2D eigenvalue weighted by Gasteiger charge is 2.31. The van der Waals surface area contributed by atoms with Crippen LogP contribution in [0.3, 0.4) is 0 Å². The lowest BCUT2D eigenvalue weighted by Crippen LogP contribution is -2.43. The Labute approximate surface area is 102 Å². The van der Waals surface area contributed by atoms with Crippen molar-refractivity contribution in [1.82, 2.24) is 20.0 Å². The third-order valence-corrected chi connectivity index (χ3v) is 3.35. The zero-order valence-electron chi connectivity index (χ0n) is 10.7. The fourth-order valence-electron chi connectivity index (χ4n) is 2.31. The number of carbonyl (C=O) groups excluding carboxylic acids is 1. The van der Waals surface area contributed by atoms with Crippen molar-refractivity contribution >= 4 is 5.91 Å². The highest BCUT2D eigenvalue weighted by Crippen LogP contribution is 2.16. The molecule has 0 spiro atoms. The quantitative estimate of drug-likeness (QED) is 0.825. The lowest BCUT2D eigenvalue weighted by molar-refractivity contribution is -0.133. The minimum atomic E-state index is -0.0170. The van der Waals surface area contributed by atoms with Gasteiger partial charge < -0.3 is 10.2 Å².